The van der Waals surface area contributed by atoms with E-state index in [4.69, 9.17) is 10.2 Å². The Bertz CT molecular complexity index is 482. The highest BCUT2D eigenvalue weighted by Gasteiger charge is 2.30. The minimum Gasteiger partial charge on any atom is -0.463 e. The number of rotatable bonds is 3. The van der Waals surface area contributed by atoms with Crippen LogP contribution in [-0.4, -0.2) is 9.78 Å². The summed E-state index contributed by atoms with van der Waals surface area (Å²) in [6.45, 7) is 2.17. The predicted molar refractivity (Wildman–Crippen MR) is 61.8 cm³/mol. The molecule has 4 heteroatoms. The van der Waals surface area contributed by atoms with Gasteiger partial charge < -0.3 is 10.2 Å². The maximum Gasteiger partial charge on any atom is 0.154 e. The van der Waals surface area contributed by atoms with Gasteiger partial charge in [-0.2, -0.15) is 5.10 Å². The number of furan rings is 1. The molecule has 2 N–H and O–H groups in total. The Labute approximate surface area is 94.0 Å². The van der Waals surface area contributed by atoms with Crippen molar-refractivity contribution in [2.24, 2.45) is 5.92 Å². The average Bonchev–Trinajstić information content (AvgIpc) is 2.84. The molecule has 0 saturated heterocycles. The molecule has 84 valence electrons. The molecule has 1 unspecified atom stereocenters. The molecule has 1 fully saturated rings. The zero-order valence-corrected chi connectivity index (χ0v) is 9.26. The summed E-state index contributed by atoms with van der Waals surface area (Å²) in [5.41, 5.74) is 6.79. The zero-order valence-electron chi connectivity index (χ0n) is 9.26. The van der Waals surface area contributed by atoms with Gasteiger partial charge in [0.1, 0.15) is 11.5 Å². The van der Waals surface area contributed by atoms with Crippen molar-refractivity contribution in [1.82, 2.24) is 9.78 Å². The Morgan fingerprint density at radius 3 is 3.00 bits per heavy atom. The van der Waals surface area contributed by atoms with Crippen LogP contribution in [-0.2, 0) is 0 Å². The molecular formula is C12H15N3O. The summed E-state index contributed by atoms with van der Waals surface area (Å²) in [5, 5.41) is 4.51. The quantitative estimate of drug-likeness (QED) is 0.859. The molecule has 2 aromatic rings. The van der Waals surface area contributed by atoms with Gasteiger partial charge in [-0.1, -0.05) is 0 Å². The second-order valence-corrected chi connectivity index (χ2v) is 4.45. The van der Waals surface area contributed by atoms with Crippen molar-refractivity contribution in [2.75, 3.05) is 5.73 Å². The molecule has 3 rings (SSSR count). The molecule has 1 atom stereocenters. The van der Waals surface area contributed by atoms with Crippen molar-refractivity contribution < 1.29 is 4.42 Å². The fraction of sp³-hybridized carbons (Fsp3) is 0.417. The molecule has 1 aliphatic carbocycles. The molecule has 2 aromatic heterocycles. The molecule has 1 aliphatic rings. The normalized spacial score (nSPS) is 17.6. The van der Waals surface area contributed by atoms with Gasteiger partial charge in [0.15, 0.2) is 5.76 Å². The highest BCUT2D eigenvalue weighted by molar-refractivity contribution is 5.56. The van der Waals surface area contributed by atoms with E-state index >= 15 is 0 Å². The van der Waals surface area contributed by atoms with E-state index < -0.39 is 0 Å². The summed E-state index contributed by atoms with van der Waals surface area (Å²) in [7, 11) is 0. The summed E-state index contributed by atoms with van der Waals surface area (Å²) in [6.07, 6.45) is 4.22. The first kappa shape index (κ1) is 9.51. The average molecular weight is 217 g/mol. The van der Waals surface area contributed by atoms with Gasteiger partial charge in [-0.3, -0.25) is 0 Å². The number of anilines is 1. The zero-order chi connectivity index (χ0) is 11.1. The van der Waals surface area contributed by atoms with Crippen molar-refractivity contribution in [1.29, 1.82) is 0 Å². The first-order chi connectivity index (χ1) is 7.75. The first-order valence-corrected chi connectivity index (χ1v) is 5.64. The largest absolute Gasteiger partial charge is 0.463 e. The van der Waals surface area contributed by atoms with Crippen LogP contribution in [0.5, 0.6) is 0 Å². The molecule has 1 saturated carbocycles. The fourth-order valence-electron chi connectivity index (χ4n) is 2.06. The molecule has 0 amide bonds. The summed E-state index contributed by atoms with van der Waals surface area (Å²) in [6, 6.07) is 6.02. The van der Waals surface area contributed by atoms with Crippen LogP contribution < -0.4 is 5.73 Å². The molecule has 4 nitrogen and oxygen atoms in total. The van der Waals surface area contributed by atoms with Crippen molar-refractivity contribution in [2.45, 2.75) is 25.8 Å². The molecular weight excluding hydrogens is 202 g/mol. The van der Waals surface area contributed by atoms with E-state index in [1.165, 1.54) is 12.8 Å². The second-order valence-electron chi connectivity index (χ2n) is 4.45. The van der Waals surface area contributed by atoms with Crippen LogP contribution in [0, 0.1) is 5.92 Å². The van der Waals surface area contributed by atoms with Gasteiger partial charge in [0.25, 0.3) is 0 Å². The minimum atomic E-state index is 0.392. The lowest BCUT2D eigenvalue weighted by Crippen LogP contribution is -2.11. The summed E-state index contributed by atoms with van der Waals surface area (Å²) in [5.74, 6) is 2.23. The topological polar surface area (TPSA) is 57.0 Å². The number of hydrogen-bond donors (Lipinski definition) is 1. The van der Waals surface area contributed by atoms with Crippen LogP contribution >= 0.6 is 0 Å². The van der Waals surface area contributed by atoms with Gasteiger partial charge in [-0.05, 0) is 37.8 Å². The molecule has 2 heterocycles. The summed E-state index contributed by atoms with van der Waals surface area (Å²) in [4.78, 5) is 0. The Kier molecular flexibility index (Phi) is 2.02. The SMILES string of the molecule is CC(C1CC1)n1nc(-c2ccco2)cc1N. The smallest absolute Gasteiger partial charge is 0.154 e. The van der Waals surface area contributed by atoms with Crippen molar-refractivity contribution in [3.63, 3.8) is 0 Å². The highest BCUT2D eigenvalue weighted by Crippen LogP contribution is 2.40. The lowest BCUT2D eigenvalue weighted by atomic mass is 10.2. The number of nitrogen functional groups attached to an aromatic ring is 1. The van der Waals surface area contributed by atoms with E-state index in [9.17, 15) is 0 Å². The van der Waals surface area contributed by atoms with Crippen LogP contribution in [0.3, 0.4) is 0 Å². The third-order valence-electron chi connectivity index (χ3n) is 3.23. The van der Waals surface area contributed by atoms with E-state index in [-0.39, 0.29) is 0 Å². The maximum atomic E-state index is 5.97. The van der Waals surface area contributed by atoms with Gasteiger partial charge in [0.05, 0.1) is 12.3 Å². The van der Waals surface area contributed by atoms with Crippen LogP contribution in [0.25, 0.3) is 11.5 Å². The highest BCUT2D eigenvalue weighted by atomic mass is 16.3. The summed E-state index contributed by atoms with van der Waals surface area (Å²) < 4.78 is 7.22. The third kappa shape index (κ3) is 1.50. The molecule has 0 bridgehead atoms. The van der Waals surface area contributed by atoms with Crippen LogP contribution in [0.1, 0.15) is 25.8 Å². The minimum absolute atomic E-state index is 0.392. The van der Waals surface area contributed by atoms with Crippen molar-refractivity contribution in [3.05, 3.63) is 24.5 Å². The van der Waals surface area contributed by atoms with Crippen molar-refractivity contribution >= 4 is 5.82 Å². The van der Waals surface area contributed by atoms with Gasteiger partial charge in [0, 0.05) is 6.07 Å². The number of aromatic nitrogens is 2. The number of nitrogens with zero attached hydrogens (tertiary/aromatic N) is 2. The van der Waals surface area contributed by atoms with E-state index in [2.05, 4.69) is 12.0 Å². The first-order valence-electron chi connectivity index (χ1n) is 5.64. The van der Waals surface area contributed by atoms with Crippen molar-refractivity contribution in [3.8, 4) is 11.5 Å². The van der Waals surface area contributed by atoms with Crippen LogP contribution in [0.2, 0.25) is 0 Å². The Balaban J connectivity index is 1.95. The monoisotopic (exact) mass is 217 g/mol. The van der Waals surface area contributed by atoms with E-state index in [0.717, 1.165) is 17.4 Å². The van der Waals surface area contributed by atoms with Crippen LogP contribution in [0.15, 0.2) is 28.9 Å². The van der Waals surface area contributed by atoms with E-state index in [1.807, 2.05) is 22.9 Å². The molecule has 0 spiro atoms. The second kappa shape index (κ2) is 3.40. The van der Waals surface area contributed by atoms with Gasteiger partial charge >= 0.3 is 0 Å². The lowest BCUT2D eigenvalue weighted by Gasteiger charge is -2.11. The third-order valence-corrected chi connectivity index (χ3v) is 3.23. The fourth-order valence-corrected chi connectivity index (χ4v) is 2.06. The molecule has 16 heavy (non-hydrogen) atoms. The number of nitrogens with two attached hydrogens (primary N) is 1. The Morgan fingerprint density at radius 2 is 2.38 bits per heavy atom. The molecule has 0 radical (unpaired) electrons. The summed E-state index contributed by atoms with van der Waals surface area (Å²) >= 11 is 0. The maximum absolute atomic E-state index is 5.97. The number of hydrogen-bond acceptors (Lipinski definition) is 3. The van der Waals surface area contributed by atoms with E-state index in [0.29, 0.717) is 11.9 Å². The van der Waals surface area contributed by atoms with Gasteiger partial charge in [0.2, 0.25) is 0 Å². The Morgan fingerprint density at radius 1 is 1.56 bits per heavy atom. The Hall–Kier alpha value is -1.71. The predicted octanol–water partition coefficient (Wildman–Crippen LogP) is 2.70. The van der Waals surface area contributed by atoms with Gasteiger partial charge in [-0.15, -0.1) is 0 Å². The molecule has 0 aliphatic heterocycles. The molecule has 0 aromatic carbocycles. The van der Waals surface area contributed by atoms with Crippen LogP contribution in [0.4, 0.5) is 5.82 Å². The lowest BCUT2D eigenvalue weighted by molar-refractivity contribution is 0.446. The standard InChI is InChI=1S/C12H15N3O/c1-8(9-4-5-9)15-12(13)7-10(14-15)11-3-2-6-16-11/h2-3,6-9H,4-5,13H2,1H3. The van der Waals surface area contributed by atoms with Gasteiger partial charge in [-0.25, -0.2) is 4.68 Å². The van der Waals surface area contributed by atoms with E-state index in [1.54, 1.807) is 6.26 Å².